The van der Waals surface area contributed by atoms with E-state index < -0.39 is 0 Å². The van der Waals surface area contributed by atoms with E-state index in [4.69, 9.17) is 11.6 Å². The van der Waals surface area contributed by atoms with Crippen LogP contribution in [-0.4, -0.2) is 67.0 Å². The molecule has 8 nitrogen and oxygen atoms in total. The van der Waals surface area contributed by atoms with Gasteiger partial charge in [-0.2, -0.15) is 0 Å². The highest BCUT2D eigenvalue weighted by Crippen LogP contribution is 2.31. The van der Waals surface area contributed by atoms with E-state index in [1.807, 2.05) is 44.9 Å². The van der Waals surface area contributed by atoms with Gasteiger partial charge < -0.3 is 25.0 Å². The molecule has 2 N–H and O–H groups in total. The Morgan fingerprint density at radius 2 is 1.76 bits per heavy atom. The van der Waals surface area contributed by atoms with Crippen LogP contribution in [0.25, 0.3) is 0 Å². The van der Waals surface area contributed by atoms with Crippen molar-refractivity contribution in [3.05, 3.63) is 61.5 Å². The smallest absolute Gasteiger partial charge is 0.319 e. The molecule has 0 bridgehead atoms. The number of hydrogen-bond acceptors (Lipinski definition) is 4. The number of carbonyl (C=O) groups is 2. The van der Waals surface area contributed by atoms with Crippen LogP contribution in [0.2, 0.25) is 5.02 Å². The van der Waals surface area contributed by atoms with Crippen molar-refractivity contribution in [3.8, 4) is 0 Å². The highest BCUT2D eigenvalue weighted by atomic mass is 35.5. The molecule has 2 aromatic rings. The van der Waals surface area contributed by atoms with E-state index >= 15 is 0 Å². The van der Waals surface area contributed by atoms with Gasteiger partial charge in [0.05, 0.1) is 0 Å². The van der Waals surface area contributed by atoms with Crippen LogP contribution < -0.4 is 15.8 Å². The second-order valence-electron chi connectivity index (χ2n) is 9.23. The maximum atomic E-state index is 13.1. The summed E-state index contributed by atoms with van der Waals surface area (Å²) in [5, 5.41) is 3.35. The lowest BCUT2D eigenvalue weighted by molar-refractivity contribution is 0.0950. The number of aromatic amines is 1. The van der Waals surface area contributed by atoms with Crippen LogP contribution in [-0.2, 0) is 6.54 Å². The molecule has 34 heavy (non-hydrogen) atoms. The summed E-state index contributed by atoms with van der Waals surface area (Å²) in [5.74, 6) is -0.277. The minimum Gasteiger partial charge on any atom is -0.371 e. The number of anilines is 1. The number of nitrogens with one attached hydrogen (secondary N) is 2. The Hall–Kier alpha value is -3.00. The van der Waals surface area contributed by atoms with Gasteiger partial charge in [-0.05, 0) is 62.9 Å². The molecule has 3 amide bonds. The number of hydrogen-bond donors (Lipinski definition) is 2. The van der Waals surface area contributed by atoms with Gasteiger partial charge >= 0.3 is 6.03 Å². The molecule has 0 saturated carbocycles. The number of H-pyrrole nitrogens is 1. The summed E-state index contributed by atoms with van der Waals surface area (Å²) in [5.41, 5.74) is 4.16. The highest BCUT2D eigenvalue weighted by molar-refractivity contribution is 6.31. The molecule has 2 heterocycles. The third-order valence-electron chi connectivity index (χ3n) is 6.55. The zero-order chi connectivity index (χ0) is 25.2. The molecule has 0 unspecified atom stereocenters. The Bertz CT molecular complexity index is 1140. The van der Waals surface area contributed by atoms with Crippen molar-refractivity contribution < 1.29 is 9.59 Å². The second-order valence-corrected chi connectivity index (χ2v) is 9.67. The van der Waals surface area contributed by atoms with E-state index in [0.29, 0.717) is 29.2 Å². The fraction of sp³-hybridized carbons (Fsp3) is 0.480. The minimum atomic E-state index is -0.277. The van der Waals surface area contributed by atoms with E-state index in [1.54, 1.807) is 25.1 Å². The number of aromatic nitrogens is 1. The van der Waals surface area contributed by atoms with Crippen molar-refractivity contribution in [2.75, 3.05) is 39.1 Å². The third kappa shape index (κ3) is 5.55. The summed E-state index contributed by atoms with van der Waals surface area (Å²) in [6.45, 7) is 7.10. The Morgan fingerprint density at radius 3 is 2.35 bits per heavy atom. The van der Waals surface area contributed by atoms with Crippen molar-refractivity contribution in [1.82, 2.24) is 20.1 Å². The molecule has 9 heteroatoms. The van der Waals surface area contributed by atoms with E-state index in [1.165, 1.54) is 0 Å². The first-order valence-corrected chi connectivity index (χ1v) is 11.8. The third-order valence-corrected chi connectivity index (χ3v) is 6.77. The lowest BCUT2D eigenvalue weighted by atomic mass is 10.00. The average molecular weight is 488 g/mol. The Kier molecular flexibility index (Phi) is 7.92. The average Bonchev–Trinajstić information content (AvgIpc) is 2.78. The normalized spacial score (nSPS) is 14.1. The van der Waals surface area contributed by atoms with Gasteiger partial charge in [0.2, 0.25) is 0 Å². The molecule has 0 spiro atoms. The standard InChI is InChI=1S/C25H34ClN5O3/c1-15-11-16(2)28-24(33)21(15)14-27-23(32)20-12-18(26)13-22(17(20)3)30(6)19-7-9-31(10-8-19)25(34)29(4)5/h11-13,19H,7-10,14H2,1-6H3,(H,27,32)(H,28,33). The first-order chi connectivity index (χ1) is 16.0. The van der Waals surface area contributed by atoms with Crippen LogP contribution >= 0.6 is 11.6 Å². The Morgan fingerprint density at radius 1 is 1.12 bits per heavy atom. The van der Waals surface area contributed by atoms with Crippen molar-refractivity contribution in [3.63, 3.8) is 0 Å². The molecule has 3 rings (SSSR count). The molecule has 1 fully saturated rings. The molecule has 0 aliphatic carbocycles. The second kappa shape index (κ2) is 10.5. The first-order valence-electron chi connectivity index (χ1n) is 11.5. The van der Waals surface area contributed by atoms with Crippen molar-refractivity contribution in [1.29, 1.82) is 0 Å². The molecule has 1 aromatic heterocycles. The number of likely N-dealkylation sites (tertiary alicyclic amines) is 1. The number of piperidine rings is 1. The lowest BCUT2D eigenvalue weighted by Gasteiger charge is -2.39. The van der Waals surface area contributed by atoms with Crippen LogP contribution in [0.15, 0.2) is 23.0 Å². The largest absolute Gasteiger partial charge is 0.371 e. The molecule has 0 radical (unpaired) electrons. The van der Waals surface area contributed by atoms with E-state index in [-0.39, 0.29) is 30.1 Å². The van der Waals surface area contributed by atoms with Gasteiger partial charge in [-0.25, -0.2) is 4.79 Å². The molecule has 0 atom stereocenters. The Labute approximate surface area is 205 Å². The first kappa shape index (κ1) is 25.6. The zero-order valence-corrected chi connectivity index (χ0v) is 21.5. The molecular formula is C25H34ClN5O3. The summed E-state index contributed by atoms with van der Waals surface area (Å²) in [7, 11) is 5.53. The predicted octanol–water partition coefficient (Wildman–Crippen LogP) is 3.47. The summed E-state index contributed by atoms with van der Waals surface area (Å²) in [6.07, 6.45) is 1.66. The number of benzene rings is 1. The van der Waals surface area contributed by atoms with Crippen LogP contribution in [0, 0.1) is 20.8 Å². The van der Waals surface area contributed by atoms with Gasteiger partial charge in [-0.1, -0.05) is 11.6 Å². The van der Waals surface area contributed by atoms with Crippen molar-refractivity contribution in [2.45, 2.75) is 46.2 Å². The minimum absolute atomic E-state index is 0.0293. The van der Waals surface area contributed by atoms with Gasteiger partial charge in [-0.15, -0.1) is 0 Å². The number of nitrogens with zero attached hydrogens (tertiary/aromatic N) is 3. The number of carbonyl (C=O) groups excluding carboxylic acids is 2. The fourth-order valence-electron chi connectivity index (χ4n) is 4.56. The summed E-state index contributed by atoms with van der Waals surface area (Å²) < 4.78 is 0. The van der Waals surface area contributed by atoms with Crippen molar-refractivity contribution >= 4 is 29.2 Å². The SMILES string of the molecule is Cc1cc(C)c(CNC(=O)c2cc(Cl)cc(N(C)C3CCN(C(=O)N(C)C)CC3)c2C)c(=O)[nH]1. The van der Waals surface area contributed by atoms with Gasteiger partial charge in [0.25, 0.3) is 11.5 Å². The van der Waals surface area contributed by atoms with Crippen LogP contribution in [0.4, 0.5) is 10.5 Å². The maximum Gasteiger partial charge on any atom is 0.319 e. The quantitative estimate of drug-likeness (QED) is 0.676. The number of pyridine rings is 1. The number of urea groups is 1. The van der Waals surface area contributed by atoms with Gasteiger partial charge in [-0.3, -0.25) is 9.59 Å². The summed E-state index contributed by atoms with van der Waals surface area (Å²) in [6, 6.07) is 5.68. The van der Waals surface area contributed by atoms with Gasteiger partial charge in [0, 0.05) is 74.3 Å². The van der Waals surface area contributed by atoms with Crippen LogP contribution in [0.3, 0.4) is 0 Å². The highest BCUT2D eigenvalue weighted by Gasteiger charge is 2.27. The van der Waals surface area contributed by atoms with Gasteiger partial charge in [0.1, 0.15) is 0 Å². The number of halogens is 1. The molecule has 1 saturated heterocycles. The topological polar surface area (TPSA) is 88.8 Å². The number of rotatable bonds is 5. The Balaban J connectivity index is 1.75. The van der Waals surface area contributed by atoms with E-state index in [2.05, 4.69) is 15.2 Å². The van der Waals surface area contributed by atoms with Crippen LogP contribution in [0.1, 0.15) is 45.6 Å². The fourth-order valence-corrected chi connectivity index (χ4v) is 4.77. The predicted molar refractivity (Wildman–Crippen MR) is 136 cm³/mol. The molecule has 1 aliphatic rings. The number of aryl methyl sites for hydroxylation is 2. The van der Waals surface area contributed by atoms with E-state index in [9.17, 15) is 14.4 Å². The molecule has 1 aromatic carbocycles. The van der Waals surface area contributed by atoms with Crippen molar-refractivity contribution in [2.24, 2.45) is 0 Å². The molecule has 1 aliphatic heterocycles. The summed E-state index contributed by atoms with van der Waals surface area (Å²) >= 11 is 6.41. The number of amides is 3. The van der Waals surface area contributed by atoms with Gasteiger partial charge in [0.15, 0.2) is 0 Å². The summed E-state index contributed by atoms with van der Waals surface area (Å²) in [4.78, 5) is 46.0. The lowest BCUT2D eigenvalue weighted by Crippen LogP contribution is -2.48. The van der Waals surface area contributed by atoms with E-state index in [0.717, 1.165) is 35.3 Å². The van der Waals surface area contributed by atoms with Crippen LogP contribution in [0.5, 0.6) is 0 Å². The zero-order valence-electron chi connectivity index (χ0n) is 20.8. The maximum absolute atomic E-state index is 13.1. The molecule has 184 valence electrons. The molecular weight excluding hydrogens is 454 g/mol. The monoisotopic (exact) mass is 487 g/mol.